The SMILES string of the molecule is NC(=O)NC(=O)COC(=O)c1ccc2c(c1)C(=O)N(c1ccc(Cl)cc1)C2=O. The fourth-order valence-corrected chi connectivity index (χ4v) is 2.71. The van der Waals surface area contributed by atoms with Crippen LogP contribution in [-0.2, 0) is 9.53 Å². The molecule has 9 nitrogen and oxygen atoms in total. The number of ether oxygens (including phenoxy) is 1. The predicted molar refractivity (Wildman–Crippen MR) is 97.0 cm³/mol. The molecule has 28 heavy (non-hydrogen) atoms. The summed E-state index contributed by atoms with van der Waals surface area (Å²) in [6.45, 7) is -0.733. The first-order valence-electron chi connectivity index (χ1n) is 7.82. The zero-order valence-electron chi connectivity index (χ0n) is 14.1. The fourth-order valence-electron chi connectivity index (χ4n) is 2.58. The van der Waals surface area contributed by atoms with E-state index in [4.69, 9.17) is 22.1 Å². The Balaban J connectivity index is 1.79. The number of nitrogens with zero attached hydrogens (tertiary/aromatic N) is 1. The van der Waals surface area contributed by atoms with Gasteiger partial charge in [-0.15, -0.1) is 0 Å². The number of amides is 5. The lowest BCUT2D eigenvalue weighted by atomic mass is 10.1. The van der Waals surface area contributed by atoms with E-state index >= 15 is 0 Å². The van der Waals surface area contributed by atoms with E-state index < -0.39 is 36.3 Å². The summed E-state index contributed by atoms with van der Waals surface area (Å²) < 4.78 is 4.75. The molecule has 5 amide bonds. The van der Waals surface area contributed by atoms with E-state index in [1.54, 1.807) is 17.4 Å². The van der Waals surface area contributed by atoms with Crippen molar-refractivity contribution in [2.45, 2.75) is 0 Å². The topological polar surface area (TPSA) is 136 Å². The molecule has 1 heterocycles. The first kappa shape index (κ1) is 19.1. The number of hydrogen-bond acceptors (Lipinski definition) is 6. The molecule has 3 rings (SSSR count). The van der Waals surface area contributed by atoms with Gasteiger partial charge in [0, 0.05) is 5.02 Å². The second-order valence-electron chi connectivity index (χ2n) is 5.67. The number of halogens is 1. The van der Waals surface area contributed by atoms with Gasteiger partial charge >= 0.3 is 12.0 Å². The highest BCUT2D eigenvalue weighted by Crippen LogP contribution is 2.30. The standard InChI is InChI=1S/C18H12ClN3O6/c19-10-2-4-11(5-3-10)22-15(24)12-6-1-9(7-13(12)16(22)25)17(26)28-8-14(23)21-18(20)27/h1-7H,8H2,(H3,20,21,23,27). The molecular formula is C18H12ClN3O6. The number of hydrogen-bond donors (Lipinski definition) is 2. The van der Waals surface area contributed by atoms with Crippen molar-refractivity contribution in [2.75, 3.05) is 11.5 Å². The van der Waals surface area contributed by atoms with Crippen LogP contribution in [0.2, 0.25) is 5.02 Å². The van der Waals surface area contributed by atoms with Gasteiger partial charge in [-0.25, -0.2) is 14.5 Å². The Labute approximate surface area is 163 Å². The van der Waals surface area contributed by atoms with Gasteiger partial charge in [0.1, 0.15) is 0 Å². The molecule has 2 aromatic carbocycles. The molecule has 0 radical (unpaired) electrons. The highest BCUT2D eigenvalue weighted by molar-refractivity contribution is 6.35. The Morgan fingerprint density at radius 1 is 1.00 bits per heavy atom. The molecule has 0 unspecified atom stereocenters. The summed E-state index contributed by atoms with van der Waals surface area (Å²) in [5, 5.41) is 2.19. The fraction of sp³-hybridized carbons (Fsp3) is 0.0556. The van der Waals surface area contributed by atoms with Crippen LogP contribution in [0, 0.1) is 0 Å². The quantitative estimate of drug-likeness (QED) is 0.588. The normalized spacial score (nSPS) is 12.5. The molecule has 0 spiro atoms. The summed E-state index contributed by atoms with van der Waals surface area (Å²) >= 11 is 5.82. The Hall–Kier alpha value is -3.72. The number of anilines is 1. The van der Waals surface area contributed by atoms with Crippen LogP contribution in [0.25, 0.3) is 0 Å². The van der Waals surface area contributed by atoms with Gasteiger partial charge < -0.3 is 10.5 Å². The first-order chi connectivity index (χ1) is 13.3. The van der Waals surface area contributed by atoms with Crippen molar-refractivity contribution in [2.24, 2.45) is 5.73 Å². The molecule has 0 saturated heterocycles. The maximum Gasteiger partial charge on any atom is 0.338 e. The number of carbonyl (C=O) groups excluding carboxylic acids is 5. The smallest absolute Gasteiger partial charge is 0.338 e. The third-order valence-corrected chi connectivity index (χ3v) is 4.06. The Morgan fingerprint density at radius 3 is 2.29 bits per heavy atom. The number of primary amides is 1. The molecule has 0 fully saturated rings. The van der Waals surface area contributed by atoms with Crippen LogP contribution >= 0.6 is 11.6 Å². The zero-order valence-corrected chi connectivity index (χ0v) is 14.9. The number of nitrogens with one attached hydrogen (secondary N) is 1. The lowest BCUT2D eigenvalue weighted by molar-refractivity contribution is -0.123. The molecule has 0 aliphatic carbocycles. The third kappa shape index (κ3) is 3.69. The summed E-state index contributed by atoms with van der Waals surface area (Å²) in [5.41, 5.74) is 5.23. The number of nitrogens with two attached hydrogens (primary N) is 1. The molecule has 0 bridgehead atoms. The van der Waals surface area contributed by atoms with Gasteiger partial charge in [-0.1, -0.05) is 11.6 Å². The average Bonchev–Trinajstić information content (AvgIpc) is 2.90. The Morgan fingerprint density at radius 2 is 1.64 bits per heavy atom. The lowest BCUT2D eigenvalue weighted by Gasteiger charge is -2.13. The maximum absolute atomic E-state index is 12.7. The average molecular weight is 402 g/mol. The highest BCUT2D eigenvalue weighted by atomic mass is 35.5. The highest BCUT2D eigenvalue weighted by Gasteiger charge is 2.37. The molecule has 1 aliphatic rings. The second-order valence-corrected chi connectivity index (χ2v) is 6.11. The monoisotopic (exact) mass is 401 g/mol. The summed E-state index contributed by atoms with van der Waals surface area (Å²) in [6.07, 6.45) is 0. The summed E-state index contributed by atoms with van der Waals surface area (Å²) in [6, 6.07) is 8.88. The van der Waals surface area contributed by atoms with Gasteiger partial charge in [-0.05, 0) is 42.5 Å². The van der Waals surface area contributed by atoms with E-state index in [2.05, 4.69) is 0 Å². The molecular weight excluding hydrogens is 390 g/mol. The maximum atomic E-state index is 12.7. The summed E-state index contributed by atoms with van der Waals surface area (Å²) in [5.74, 6) is -2.96. The second kappa shape index (κ2) is 7.49. The number of benzene rings is 2. The van der Waals surface area contributed by atoms with Crippen LogP contribution in [-0.4, -0.2) is 36.3 Å². The van der Waals surface area contributed by atoms with Crippen molar-refractivity contribution < 1.29 is 28.7 Å². The van der Waals surface area contributed by atoms with Gasteiger partial charge in [0.05, 0.1) is 22.4 Å². The molecule has 0 atom stereocenters. The first-order valence-corrected chi connectivity index (χ1v) is 8.20. The molecule has 3 N–H and O–H groups in total. The minimum Gasteiger partial charge on any atom is -0.452 e. The van der Waals surface area contributed by atoms with E-state index in [9.17, 15) is 24.0 Å². The van der Waals surface area contributed by atoms with Crippen LogP contribution in [0.5, 0.6) is 0 Å². The van der Waals surface area contributed by atoms with Crippen LogP contribution in [0.15, 0.2) is 42.5 Å². The zero-order chi connectivity index (χ0) is 20.4. The van der Waals surface area contributed by atoms with Crippen molar-refractivity contribution >= 4 is 47.0 Å². The van der Waals surface area contributed by atoms with Crippen molar-refractivity contribution in [3.05, 3.63) is 64.2 Å². The minimum atomic E-state index is -1.08. The summed E-state index contributed by atoms with van der Waals surface area (Å²) in [4.78, 5) is 60.1. The Kier molecular flexibility index (Phi) is 5.10. The van der Waals surface area contributed by atoms with Crippen LogP contribution < -0.4 is 16.0 Å². The van der Waals surface area contributed by atoms with Crippen LogP contribution in [0.1, 0.15) is 31.1 Å². The molecule has 0 aromatic heterocycles. The van der Waals surface area contributed by atoms with Gasteiger partial charge in [0.15, 0.2) is 6.61 Å². The lowest BCUT2D eigenvalue weighted by Crippen LogP contribution is -2.37. The van der Waals surface area contributed by atoms with E-state index in [0.29, 0.717) is 10.7 Å². The van der Waals surface area contributed by atoms with E-state index in [1.165, 1.54) is 30.3 Å². The number of imide groups is 2. The van der Waals surface area contributed by atoms with Gasteiger partial charge in [-0.2, -0.15) is 0 Å². The van der Waals surface area contributed by atoms with Gasteiger partial charge in [0.2, 0.25) is 0 Å². The Bertz CT molecular complexity index is 1020. The number of carbonyl (C=O) groups is 5. The van der Waals surface area contributed by atoms with Gasteiger partial charge in [0.25, 0.3) is 17.7 Å². The molecule has 2 aromatic rings. The number of urea groups is 1. The summed E-state index contributed by atoms with van der Waals surface area (Å²) in [7, 11) is 0. The van der Waals surface area contributed by atoms with Crippen LogP contribution in [0.4, 0.5) is 10.5 Å². The van der Waals surface area contributed by atoms with E-state index in [-0.39, 0.29) is 16.7 Å². The molecule has 142 valence electrons. The predicted octanol–water partition coefficient (Wildman–Crippen LogP) is 1.49. The van der Waals surface area contributed by atoms with Crippen molar-refractivity contribution in [1.82, 2.24) is 5.32 Å². The van der Waals surface area contributed by atoms with E-state index in [0.717, 1.165) is 4.90 Å². The molecule has 10 heteroatoms. The number of fused-ring (bicyclic) bond motifs is 1. The molecule has 1 aliphatic heterocycles. The van der Waals surface area contributed by atoms with Gasteiger partial charge in [-0.3, -0.25) is 19.7 Å². The number of rotatable bonds is 4. The molecule has 0 saturated carbocycles. The number of esters is 1. The van der Waals surface area contributed by atoms with E-state index in [1.807, 2.05) is 0 Å². The van der Waals surface area contributed by atoms with Crippen molar-refractivity contribution in [3.63, 3.8) is 0 Å². The van der Waals surface area contributed by atoms with Crippen molar-refractivity contribution in [3.8, 4) is 0 Å². The largest absolute Gasteiger partial charge is 0.452 e. The minimum absolute atomic E-state index is 0.0241. The van der Waals surface area contributed by atoms with Crippen LogP contribution in [0.3, 0.4) is 0 Å². The van der Waals surface area contributed by atoms with Crippen molar-refractivity contribution in [1.29, 1.82) is 0 Å². The third-order valence-electron chi connectivity index (χ3n) is 3.80.